The fourth-order valence-electron chi connectivity index (χ4n) is 0.916. The zero-order valence-corrected chi connectivity index (χ0v) is 7.55. The highest BCUT2D eigenvalue weighted by Crippen LogP contribution is 1.97. The Labute approximate surface area is 77.7 Å². The molecule has 0 spiro atoms. The van der Waals surface area contributed by atoms with E-state index < -0.39 is 0 Å². The van der Waals surface area contributed by atoms with Crippen LogP contribution in [0.25, 0.3) is 0 Å². The largest absolute Gasteiger partial charge is 0.277 e. The summed E-state index contributed by atoms with van der Waals surface area (Å²) >= 11 is 0. The number of nitrogens with zero attached hydrogens (tertiary/aromatic N) is 2. The van der Waals surface area contributed by atoms with Gasteiger partial charge in [-0.1, -0.05) is 30.3 Å². The lowest BCUT2D eigenvalue weighted by Gasteiger charge is -2.00. The molecular weight excluding hydrogens is 164 g/mol. The number of hydrazone groups is 1. The Bertz CT molecular complexity index is 282. The van der Waals surface area contributed by atoms with E-state index in [0.717, 1.165) is 6.42 Å². The molecule has 0 N–H and O–H groups in total. The average molecular weight is 176 g/mol. The zero-order chi connectivity index (χ0) is 9.52. The van der Waals surface area contributed by atoms with Gasteiger partial charge in [-0.2, -0.15) is 5.10 Å². The monoisotopic (exact) mass is 176 g/mol. The van der Waals surface area contributed by atoms with Gasteiger partial charge in [-0.15, -0.1) is 0 Å². The normalized spacial score (nSPS) is 10.2. The van der Waals surface area contributed by atoms with Crippen LogP contribution in [0.15, 0.2) is 35.4 Å². The smallest absolute Gasteiger partial charge is 0.229 e. The third-order valence-corrected chi connectivity index (χ3v) is 1.59. The van der Waals surface area contributed by atoms with Crippen LogP contribution in [0.3, 0.4) is 0 Å². The van der Waals surface area contributed by atoms with Gasteiger partial charge in [0, 0.05) is 19.7 Å². The summed E-state index contributed by atoms with van der Waals surface area (Å²) in [5, 5.41) is 5.12. The van der Waals surface area contributed by atoms with Crippen LogP contribution in [0, 0.1) is 0 Å². The molecule has 0 unspecified atom stereocenters. The van der Waals surface area contributed by atoms with Crippen molar-refractivity contribution in [2.24, 2.45) is 5.10 Å². The Kier molecular flexibility index (Phi) is 3.70. The number of benzene rings is 1. The van der Waals surface area contributed by atoms with E-state index in [1.807, 2.05) is 30.3 Å². The molecule has 0 aliphatic carbocycles. The Morgan fingerprint density at radius 3 is 2.69 bits per heavy atom. The van der Waals surface area contributed by atoms with E-state index in [2.05, 4.69) is 5.10 Å². The van der Waals surface area contributed by atoms with Crippen molar-refractivity contribution in [1.82, 2.24) is 5.01 Å². The minimum absolute atomic E-state index is 0.668. The number of rotatable bonds is 4. The first kappa shape index (κ1) is 9.45. The van der Waals surface area contributed by atoms with E-state index in [0.29, 0.717) is 6.41 Å². The standard InChI is InChI=1S/C10H12N2O/c1-12(9-13)11-8-7-10-5-3-2-4-6-10/h2-6,8-9H,7H2,1H3/b11-8+. The van der Waals surface area contributed by atoms with Crippen LogP contribution >= 0.6 is 0 Å². The summed E-state index contributed by atoms with van der Waals surface area (Å²) in [5.41, 5.74) is 1.19. The maximum Gasteiger partial charge on any atom is 0.229 e. The molecule has 0 saturated heterocycles. The van der Waals surface area contributed by atoms with Crippen molar-refractivity contribution >= 4 is 12.6 Å². The van der Waals surface area contributed by atoms with Gasteiger partial charge in [0.05, 0.1) is 0 Å². The molecular formula is C10H12N2O. The average Bonchev–Trinajstić information content (AvgIpc) is 2.19. The molecule has 0 aromatic heterocycles. The highest BCUT2D eigenvalue weighted by Gasteiger charge is 1.87. The molecule has 0 aliphatic heterocycles. The molecule has 1 amide bonds. The number of amides is 1. The molecule has 0 aliphatic rings. The second kappa shape index (κ2) is 5.09. The Hall–Kier alpha value is -1.64. The predicted octanol–water partition coefficient (Wildman–Crippen LogP) is 1.30. The van der Waals surface area contributed by atoms with E-state index in [-0.39, 0.29) is 0 Å². The third kappa shape index (κ3) is 3.51. The topological polar surface area (TPSA) is 32.7 Å². The van der Waals surface area contributed by atoms with Crippen molar-refractivity contribution in [2.75, 3.05) is 7.05 Å². The molecule has 68 valence electrons. The van der Waals surface area contributed by atoms with E-state index in [9.17, 15) is 4.79 Å². The molecule has 0 heterocycles. The first-order valence-corrected chi connectivity index (χ1v) is 4.07. The van der Waals surface area contributed by atoms with Crippen molar-refractivity contribution in [2.45, 2.75) is 6.42 Å². The summed E-state index contributed by atoms with van der Waals surface area (Å²) in [6, 6.07) is 9.97. The van der Waals surface area contributed by atoms with Crippen LogP contribution in [0.5, 0.6) is 0 Å². The van der Waals surface area contributed by atoms with Gasteiger partial charge in [0.1, 0.15) is 0 Å². The lowest BCUT2D eigenvalue weighted by atomic mass is 10.2. The maximum absolute atomic E-state index is 10.2. The summed E-state index contributed by atoms with van der Waals surface area (Å²) in [6.45, 7) is 0. The minimum Gasteiger partial charge on any atom is -0.277 e. The maximum atomic E-state index is 10.2. The second-order valence-electron chi connectivity index (χ2n) is 2.67. The van der Waals surface area contributed by atoms with E-state index in [1.165, 1.54) is 10.6 Å². The minimum atomic E-state index is 0.668. The van der Waals surface area contributed by atoms with Crippen molar-refractivity contribution < 1.29 is 4.79 Å². The molecule has 0 atom stereocenters. The van der Waals surface area contributed by atoms with Crippen LogP contribution in [-0.2, 0) is 11.2 Å². The van der Waals surface area contributed by atoms with E-state index in [1.54, 1.807) is 13.3 Å². The molecule has 1 aromatic rings. The molecule has 0 fully saturated rings. The third-order valence-electron chi connectivity index (χ3n) is 1.59. The molecule has 0 saturated carbocycles. The molecule has 1 rings (SSSR count). The zero-order valence-electron chi connectivity index (χ0n) is 7.55. The highest BCUT2D eigenvalue weighted by molar-refractivity contribution is 5.62. The first-order valence-electron chi connectivity index (χ1n) is 4.07. The Balaban J connectivity index is 2.43. The van der Waals surface area contributed by atoms with Crippen LogP contribution < -0.4 is 0 Å². The predicted molar refractivity (Wildman–Crippen MR) is 52.5 cm³/mol. The number of carbonyl (C=O) groups excluding carboxylic acids is 1. The fourth-order valence-corrected chi connectivity index (χ4v) is 0.916. The Morgan fingerprint density at radius 2 is 2.08 bits per heavy atom. The lowest BCUT2D eigenvalue weighted by molar-refractivity contribution is -0.116. The molecule has 1 aromatic carbocycles. The molecule has 0 radical (unpaired) electrons. The van der Waals surface area contributed by atoms with Gasteiger partial charge < -0.3 is 0 Å². The lowest BCUT2D eigenvalue weighted by Crippen LogP contribution is -2.07. The van der Waals surface area contributed by atoms with Crippen molar-refractivity contribution in [3.63, 3.8) is 0 Å². The van der Waals surface area contributed by atoms with E-state index >= 15 is 0 Å². The van der Waals surface area contributed by atoms with Gasteiger partial charge in [-0.05, 0) is 5.56 Å². The van der Waals surface area contributed by atoms with Crippen molar-refractivity contribution in [3.8, 4) is 0 Å². The second-order valence-corrected chi connectivity index (χ2v) is 2.67. The summed E-state index contributed by atoms with van der Waals surface area (Å²) in [5.74, 6) is 0. The van der Waals surface area contributed by atoms with Gasteiger partial charge in [0.2, 0.25) is 6.41 Å². The number of hydrogen-bond acceptors (Lipinski definition) is 2. The fraction of sp³-hybridized carbons (Fsp3) is 0.200. The Morgan fingerprint density at radius 1 is 1.38 bits per heavy atom. The quantitative estimate of drug-likeness (QED) is 0.386. The summed E-state index contributed by atoms with van der Waals surface area (Å²) < 4.78 is 0. The number of hydrogen-bond donors (Lipinski definition) is 0. The van der Waals surface area contributed by atoms with Gasteiger partial charge in [-0.3, -0.25) is 4.79 Å². The highest BCUT2D eigenvalue weighted by atomic mass is 16.1. The van der Waals surface area contributed by atoms with Gasteiger partial charge >= 0.3 is 0 Å². The van der Waals surface area contributed by atoms with Crippen LogP contribution in [-0.4, -0.2) is 24.7 Å². The van der Waals surface area contributed by atoms with Crippen LogP contribution in [0.4, 0.5) is 0 Å². The summed E-state index contributed by atoms with van der Waals surface area (Å²) in [6.07, 6.45) is 3.13. The van der Waals surface area contributed by atoms with Gasteiger partial charge in [-0.25, -0.2) is 5.01 Å². The SMILES string of the molecule is CN(C=O)/N=C/Cc1ccccc1. The molecule has 3 nitrogen and oxygen atoms in total. The van der Waals surface area contributed by atoms with Gasteiger partial charge in [0.15, 0.2) is 0 Å². The summed E-state index contributed by atoms with van der Waals surface area (Å²) in [7, 11) is 1.61. The number of carbonyl (C=O) groups is 1. The van der Waals surface area contributed by atoms with Crippen molar-refractivity contribution in [3.05, 3.63) is 35.9 Å². The molecule has 13 heavy (non-hydrogen) atoms. The van der Waals surface area contributed by atoms with E-state index in [4.69, 9.17) is 0 Å². The first-order chi connectivity index (χ1) is 6.33. The van der Waals surface area contributed by atoms with Crippen LogP contribution in [0.1, 0.15) is 5.56 Å². The van der Waals surface area contributed by atoms with Crippen molar-refractivity contribution in [1.29, 1.82) is 0 Å². The molecule has 3 heteroatoms. The summed E-state index contributed by atoms with van der Waals surface area (Å²) in [4.78, 5) is 10.2. The van der Waals surface area contributed by atoms with Gasteiger partial charge in [0.25, 0.3) is 0 Å². The molecule has 0 bridgehead atoms. The van der Waals surface area contributed by atoms with Crippen LogP contribution in [0.2, 0.25) is 0 Å².